The third-order valence-electron chi connectivity index (χ3n) is 11.6. The number of fused-ring (bicyclic) bond motifs is 4. The van der Waals surface area contributed by atoms with E-state index in [-0.39, 0.29) is 28.6 Å². The summed E-state index contributed by atoms with van der Waals surface area (Å²) >= 11 is 0. The number of aromatic hydroxyl groups is 1. The van der Waals surface area contributed by atoms with Crippen LogP contribution in [-0.4, -0.2) is 125 Å². The van der Waals surface area contributed by atoms with E-state index < -0.39 is 81.7 Å². The van der Waals surface area contributed by atoms with E-state index in [1.165, 1.54) is 30.0 Å². The van der Waals surface area contributed by atoms with Gasteiger partial charge in [0.1, 0.15) is 35.3 Å². The van der Waals surface area contributed by atoms with Gasteiger partial charge < -0.3 is 49.3 Å². The topological polar surface area (TPSA) is 195 Å². The molecule has 49 heavy (non-hydrogen) atoms. The fourth-order valence-electron chi connectivity index (χ4n) is 9.06. The molecule has 3 aliphatic carbocycles. The van der Waals surface area contributed by atoms with Gasteiger partial charge in [0, 0.05) is 17.4 Å². The van der Waals surface area contributed by atoms with Gasteiger partial charge in [-0.15, -0.1) is 0 Å². The Hall–Kier alpha value is -4.25. The van der Waals surface area contributed by atoms with Gasteiger partial charge in [0.05, 0.1) is 50.6 Å². The quantitative estimate of drug-likeness (QED) is 0.177. The van der Waals surface area contributed by atoms with Crippen LogP contribution < -0.4 is 15.5 Å². The summed E-state index contributed by atoms with van der Waals surface area (Å²) in [7, 11) is 4.65. The number of carbonyl (C=O) groups excluding carboxylic acids is 3. The number of carbonyl (C=O) groups is 3. The minimum atomic E-state index is -2.82. The molecule has 3 fully saturated rings. The van der Waals surface area contributed by atoms with Crippen molar-refractivity contribution >= 4 is 35.4 Å². The van der Waals surface area contributed by atoms with Crippen LogP contribution in [0, 0.1) is 11.8 Å². The van der Waals surface area contributed by atoms with Crippen LogP contribution in [0.3, 0.4) is 0 Å². The number of amides is 1. The molecular formula is C34H40BN3O11. The van der Waals surface area contributed by atoms with Crippen molar-refractivity contribution in [3.05, 3.63) is 70.5 Å². The molecule has 2 aliphatic heterocycles. The molecule has 2 aromatic carbocycles. The molecule has 0 bridgehead atoms. The van der Waals surface area contributed by atoms with Crippen molar-refractivity contribution < 1.29 is 58.4 Å². The summed E-state index contributed by atoms with van der Waals surface area (Å²) in [5, 5.41) is 60.4. The van der Waals surface area contributed by atoms with Crippen LogP contribution in [0.4, 0.5) is 0 Å². The number of nitrogens with zero attached hydrogens (tertiary/aromatic N) is 2. The Balaban J connectivity index is 1.28. The molecule has 1 amide bonds. The Bertz CT molecular complexity index is 1850. The zero-order valence-electron chi connectivity index (χ0n) is 27.7. The van der Waals surface area contributed by atoms with Crippen LogP contribution in [-0.2, 0) is 29.3 Å². The number of likely N-dealkylation sites (N-methyl/N-ethyl adjacent to an activating group) is 1. The van der Waals surface area contributed by atoms with E-state index in [2.05, 4.69) is 5.32 Å². The highest BCUT2D eigenvalue weighted by Crippen LogP contribution is 2.57. The highest BCUT2D eigenvalue weighted by molar-refractivity contribution is 6.75. The second-order valence-corrected chi connectivity index (χ2v) is 14.1. The van der Waals surface area contributed by atoms with Gasteiger partial charge in [0.2, 0.25) is 5.78 Å². The average Bonchev–Trinajstić information content (AvgIpc) is 3.61. The van der Waals surface area contributed by atoms with Gasteiger partial charge in [0.15, 0.2) is 11.4 Å². The van der Waals surface area contributed by atoms with Crippen LogP contribution in [0.25, 0.3) is 5.76 Å². The number of rotatable bonds is 6. The number of ether oxygens (including phenoxy) is 1. The van der Waals surface area contributed by atoms with Crippen molar-refractivity contribution in [1.29, 1.82) is 0 Å². The predicted molar refractivity (Wildman–Crippen MR) is 174 cm³/mol. The first-order chi connectivity index (χ1) is 23.2. The fraction of sp³-hybridized carbons (Fsp3) is 0.441. The molecule has 0 spiro atoms. The number of benzene rings is 2. The van der Waals surface area contributed by atoms with Gasteiger partial charge in [0.25, 0.3) is 5.91 Å². The molecule has 260 valence electrons. The summed E-state index contributed by atoms with van der Waals surface area (Å²) in [6.07, 6.45) is -0.225. The Morgan fingerprint density at radius 1 is 1.08 bits per heavy atom. The highest BCUT2D eigenvalue weighted by atomic mass is 16.6. The smallest absolute Gasteiger partial charge is 0.504 e. The van der Waals surface area contributed by atoms with E-state index in [0.717, 1.165) is 5.46 Å². The molecule has 0 aromatic heterocycles. The van der Waals surface area contributed by atoms with Crippen molar-refractivity contribution in [2.45, 2.75) is 30.6 Å². The summed E-state index contributed by atoms with van der Waals surface area (Å²) in [6, 6.07) is 10.3. The number of Topliss-reactive ketones (excluding diaryl/α,β-unsaturated/α-hetero) is 2. The van der Waals surface area contributed by atoms with Crippen LogP contribution in [0.15, 0.2) is 59.4 Å². The molecule has 2 aromatic rings. The SMILES string of the molecule is COc1cccc([B-]23OCC[N+]2(CNC(=O)C2=C(O)[C@@]4(O)C(=O)C5=C(O)c6c(O)cccc6[C@](C)(O)[C@@H]5C[C@H]4[C@@H](N(C)C)C2=O)CCO3)c1. The summed E-state index contributed by atoms with van der Waals surface area (Å²) in [6.45, 7) is 0.848. The predicted octanol–water partition coefficient (Wildman–Crippen LogP) is -0.0507. The lowest BCUT2D eigenvalue weighted by atomic mass is 9.54. The second-order valence-electron chi connectivity index (χ2n) is 14.1. The van der Waals surface area contributed by atoms with Crippen molar-refractivity contribution in [3.63, 3.8) is 0 Å². The van der Waals surface area contributed by atoms with Gasteiger partial charge >= 0.3 is 6.69 Å². The maximum Gasteiger partial charge on any atom is 0.504 e. The lowest BCUT2D eigenvalue weighted by molar-refractivity contribution is -0.822. The maximum atomic E-state index is 14.4. The number of phenols is 1. The number of methoxy groups -OCH3 is 1. The zero-order valence-corrected chi connectivity index (χ0v) is 27.7. The van der Waals surface area contributed by atoms with E-state index >= 15 is 0 Å². The third kappa shape index (κ3) is 4.33. The molecule has 6 N–H and O–H groups in total. The van der Waals surface area contributed by atoms with Crippen LogP contribution in [0.5, 0.6) is 11.5 Å². The van der Waals surface area contributed by atoms with E-state index in [4.69, 9.17) is 14.0 Å². The summed E-state index contributed by atoms with van der Waals surface area (Å²) < 4.78 is 18.1. The average molecular weight is 678 g/mol. The maximum absolute atomic E-state index is 14.4. The number of hydrogen-bond donors (Lipinski definition) is 6. The molecule has 7 rings (SSSR count). The zero-order chi connectivity index (χ0) is 35.3. The van der Waals surface area contributed by atoms with E-state index in [1.54, 1.807) is 27.3 Å². The Morgan fingerprint density at radius 2 is 1.76 bits per heavy atom. The van der Waals surface area contributed by atoms with Crippen LogP contribution >= 0.6 is 0 Å². The molecule has 2 heterocycles. The molecule has 2 saturated heterocycles. The Labute approximate surface area is 282 Å². The summed E-state index contributed by atoms with van der Waals surface area (Å²) in [5.41, 5.74) is -5.11. The first-order valence-electron chi connectivity index (χ1n) is 16.3. The van der Waals surface area contributed by atoms with Crippen LogP contribution in [0.1, 0.15) is 24.5 Å². The minimum Gasteiger partial charge on any atom is -0.508 e. The van der Waals surface area contributed by atoms with E-state index in [0.29, 0.717) is 32.1 Å². The van der Waals surface area contributed by atoms with Gasteiger partial charge in [-0.05, 0) is 51.2 Å². The van der Waals surface area contributed by atoms with E-state index in [9.17, 15) is 39.9 Å². The van der Waals surface area contributed by atoms with Crippen molar-refractivity contribution in [2.24, 2.45) is 11.8 Å². The molecule has 1 saturated carbocycles. The number of phenolic OH excluding ortho intramolecular Hbond substituents is 1. The Morgan fingerprint density at radius 3 is 2.41 bits per heavy atom. The first-order valence-corrected chi connectivity index (χ1v) is 16.3. The number of ketones is 2. The molecule has 14 nitrogen and oxygen atoms in total. The number of aliphatic hydroxyl groups excluding tert-OH is 2. The van der Waals surface area contributed by atoms with Gasteiger partial charge in [-0.3, -0.25) is 19.3 Å². The van der Waals surface area contributed by atoms with Gasteiger partial charge in [-0.1, -0.05) is 29.7 Å². The molecular weight excluding hydrogens is 637 g/mol. The number of hydrogen-bond acceptors (Lipinski definition) is 12. The third-order valence-corrected chi connectivity index (χ3v) is 11.6. The first kappa shape index (κ1) is 33.3. The van der Waals surface area contributed by atoms with Gasteiger partial charge in [-0.25, -0.2) is 0 Å². The molecule has 15 heteroatoms. The molecule has 0 unspecified atom stereocenters. The summed E-state index contributed by atoms with van der Waals surface area (Å²) in [5.74, 6) is -7.02. The van der Waals surface area contributed by atoms with Crippen LogP contribution in [0.2, 0.25) is 0 Å². The van der Waals surface area contributed by atoms with Crippen molar-refractivity contribution in [1.82, 2.24) is 10.2 Å². The Kier molecular flexibility index (Phi) is 7.56. The number of quaternary nitrogens is 1. The normalized spacial score (nSPS) is 35.2. The lowest BCUT2D eigenvalue weighted by Gasteiger charge is -2.53. The van der Waals surface area contributed by atoms with Crippen molar-refractivity contribution in [3.8, 4) is 11.5 Å². The standard InChI is InChI=1S/C34H40BN3O11/c1-33(45)20-9-6-10-23(39)24(20)28(40)25-21(33)16-22-27(37(2)3)29(41)26(31(43)34(22,46)30(25)42)32(44)36-17-38-11-13-48-35(38,49-14-12-38)18-7-5-8-19(15-18)47-4/h5-10,15,21-22,27,39-40,43,45-46H,11-14,16-17H2,1-4H3,(H,36,44)/t21-,22+,27-,33+,34+,35?,38?/m1/s1. The summed E-state index contributed by atoms with van der Waals surface area (Å²) in [4.78, 5) is 44.0. The molecule has 5 aliphatic rings. The van der Waals surface area contributed by atoms with E-state index in [1.807, 2.05) is 18.2 Å². The number of nitrogens with one attached hydrogen (secondary N) is 1. The monoisotopic (exact) mass is 677 g/mol. The largest absolute Gasteiger partial charge is 0.508 e. The fourth-order valence-corrected chi connectivity index (χ4v) is 9.06. The van der Waals surface area contributed by atoms with Gasteiger partial charge in [-0.2, -0.15) is 0 Å². The lowest BCUT2D eigenvalue weighted by Crippen LogP contribution is -2.72. The highest BCUT2D eigenvalue weighted by Gasteiger charge is 2.67. The molecule has 5 atom stereocenters. The number of aliphatic hydroxyl groups is 4. The van der Waals surface area contributed by atoms with Crippen molar-refractivity contribution in [2.75, 3.05) is 54.2 Å². The second kappa shape index (κ2) is 11.1. The minimum absolute atomic E-state index is 0.0600. The molecule has 0 radical (unpaired) electrons.